The number of ether oxygens (including phenoxy) is 1. The standard InChI is InChI=1S/C15H22N4O/c1-11-9-18(10-15(2,3)20-11)14-12(8-16)19-7-5-4-6-13(19)17-14/h4-7,11H,8-10,16H2,1-3H3. The second kappa shape index (κ2) is 4.75. The molecule has 20 heavy (non-hydrogen) atoms. The zero-order valence-electron chi connectivity index (χ0n) is 12.3. The van der Waals surface area contributed by atoms with E-state index in [-0.39, 0.29) is 11.7 Å². The molecule has 3 heterocycles. The largest absolute Gasteiger partial charge is 0.369 e. The van der Waals surface area contributed by atoms with Crippen molar-refractivity contribution < 1.29 is 4.74 Å². The molecule has 5 heteroatoms. The molecular weight excluding hydrogens is 252 g/mol. The first-order valence-corrected chi connectivity index (χ1v) is 7.09. The predicted molar refractivity (Wildman–Crippen MR) is 79.9 cm³/mol. The van der Waals surface area contributed by atoms with Crippen molar-refractivity contribution in [1.82, 2.24) is 9.38 Å². The molecule has 0 aliphatic carbocycles. The van der Waals surface area contributed by atoms with Crippen LogP contribution in [0.15, 0.2) is 24.4 Å². The number of nitrogens with two attached hydrogens (primary N) is 1. The summed E-state index contributed by atoms with van der Waals surface area (Å²) in [5, 5.41) is 0. The van der Waals surface area contributed by atoms with Crippen LogP contribution in [-0.2, 0) is 11.3 Å². The first-order valence-electron chi connectivity index (χ1n) is 7.09. The molecule has 2 N–H and O–H groups in total. The zero-order valence-corrected chi connectivity index (χ0v) is 12.3. The van der Waals surface area contributed by atoms with Gasteiger partial charge >= 0.3 is 0 Å². The molecule has 5 nitrogen and oxygen atoms in total. The molecule has 0 spiro atoms. The van der Waals surface area contributed by atoms with Crippen molar-refractivity contribution in [3.05, 3.63) is 30.1 Å². The van der Waals surface area contributed by atoms with E-state index in [1.165, 1.54) is 0 Å². The Kier molecular flexibility index (Phi) is 3.18. The number of pyridine rings is 1. The quantitative estimate of drug-likeness (QED) is 0.907. The topological polar surface area (TPSA) is 55.8 Å². The fraction of sp³-hybridized carbons (Fsp3) is 0.533. The van der Waals surface area contributed by atoms with Crippen LogP contribution in [0.3, 0.4) is 0 Å². The summed E-state index contributed by atoms with van der Waals surface area (Å²) in [4.78, 5) is 7.06. The highest BCUT2D eigenvalue weighted by atomic mass is 16.5. The molecule has 1 aliphatic heterocycles. The Labute approximate surface area is 119 Å². The summed E-state index contributed by atoms with van der Waals surface area (Å²) in [5.41, 5.74) is 7.79. The van der Waals surface area contributed by atoms with E-state index in [9.17, 15) is 0 Å². The summed E-state index contributed by atoms with van der Waals surface area (Å²) in [5.74, 6) is 0.988. The van der Waals surface area contributed by atoms with Crippen molar-refractivity contribution in [3.8, 4) is 0 Å². The molecule has 108 valence electrons. The number of hydrogen-bond acceptors (Lipinski definition) is 4. The predicted octanol–water partition coefficient (Wildman–Crippen LogP) is 1.80. The third-order valence-electron chi connectivity index (χ3n) is 3.67. The van der Waals surface area contributed by atoms with Gasteiger partial charge in [0.25, 0.3) is 0 Å². The number of rotatable bonds is 2. The molecule has 1 fully saturated rings. The molecule has 2 aromatic rings. The maximum absolute atomic E-state index is 5.97. The highest BCUT2D eigenvalue weighted by Crippen LogP contribution is 2.28. The van der Waals surface area contributed by atoms with Crippen molar-refractivity contribution in [2.75, 3.05) is 18.0 Å². The summed E-state index contributed by atoms with van der Waals surface area (Å²) in [6.45, 7) is 8.49. The SMILES string of the molecule is CC1CN(c2nc3ccccn3c2CN)CC(C)(C)O1. The number of aromatic nitrogens is 2. The molecular formula is C15H22N4O. The summed E-state index contributed by atoms with van der Waals surface area (Å²) in [7, 11) is 0. The molecule has 1 saturated heterocycles. The number of hydrogen-bond donors (Lipinski definition) is 1. The first kappa shape index (κ1) is 13.4. The van der Waals surface area contributed by atoms with E-state index in [1.807, 2.05) is 24.4 Å². The number of nitrogens with zero attached hydrogens (tertiary/aromatic N) is 3. The van der Waals surface area contributed by atoms with Crippen molar-refractivity contribution in [3.63, 3.8) is 0 Å². The summed E-state index contributed by atoms with van der Waals surface area (Å²) < 4.78 is 8.04. The maximum atomic E-state index is 5.97. The van der Waals surface area contributed by atoms with Crippen molar-refractivity contribution in [2.24, 2.45) is 5.73 Å². The average molecular weight is 274 g/mol. The molecule has 0 radical (unpaired) electrons. The molecule has 1 unspecified atom stereocenters. The van der Waals surface area contributed by atoms with E-state index in [0.717, 1.165) is 30.2 Å². The summed E-state index contributed by atoms with van der Waals surface area (Å²) in [6.07, 6.45) is 2.21. The van der Waals surface area contributed by atoms with E-state index >= 15 is 0 Å². The second-order valence-electron chi connectivity index (χ2n) is 6.08. The normalized spacial score (nSPS) is 22.4. The van der Waals surface area contributed by atoms with Gasteiger partial charge in [0.2, 0.25) is 0 Å². The van der Waals surface area contributed by atoms with Crippen LogP contribution >= 0.6 is 0 Å². The maximum Gasteiger partial charge on any atom is 0.152 e. The number of imidazole rings is 1. The molecule has 2 aromatic heterocycles. The van der Waals surface area contributed by atoms with E-state index in [2.05, 4.69) is 30.1 Å². The van der Waals surface area contributed by atoms with Gasteiger partial charge in [-0.3, -0.25) is 0 Å². The Balaban J connectivity index is 2.05. The molecule has 0 saturated carbocycles. The first-order chi connectivity index (χ1) is 9.50. The lowest BCUT2D eigenvalue weighted by molar-refractivity contribution is -0.0751. The zero-order chi connectivity index (χ0) is 14.3. The van der Waals surface area contributed by atoms with Gasteiger partial charge < -0.3 is 19.8 Å². The Morgan fingerprint density at radius 1 is 1.45 bits per heavy atom. The summed E-state index contributed by atoms with van der Waals surface area (Å²) in [6, 6.07) is 6.01. The van der Waals surface area contributed by atoms with Crippen LogP contribution in [0.2, 0.25) is 0 Å². The Morgan fingerprint density at radius 2 is 2.25 bits per heavy atom. The van der Waals surface area contributed by atoms with Crippen molar-refractivity contribution in [1.29, 1.82) is 0 Å². The molecule has 3 rings (SSSR count). The van der Waals surface area contributed by atoms with Crippen LogP contribution in [0.25, 0.3) is 5.65 Å². The van der Waals surface area contributed by atoms with Gasteiger partial charge in [0.1, 0.15) is 5.65 Å². The summed E-state index contributed by atoms with van der Waals surface area (Å²) >= 11 is 0. The van der Waals surface area contributed by atoms with E-state index in [0.29, 0.717) is 6.54 Å². The molecule has 0 amide bonds. The van der Waals surface area contributed by atoms with Gasteiger partial charge in [0.15, 0.2) is 5.82 Å². The Hall–Kier alpha value is -1.59. The molecule has 1 atom stereocenters. The highest BCUT2D eigenvalue weighted by molar-refractivity contribution is 5.56. The van der Waals surface area contributed by atoms with Crippen LogP contribution in [0.1, 0.15) is 26.5 Å². The van der Waals surface area contributed by atoms with Gasteiger partial charge in [-0.2, -0.15) is 0 Å². The molecule has 0 bridgehead atoms. The number of anilines is 1. The fourth-order valence-corrected chi connectivity index (χ4v) is 3.09. The van der Waals surface area contributed by atoms with Crippen LogP contribution < -0.4 is 10.6 Å². The van der Waals surface area contributed by atoms with Gasteiger partial charge in [-0.05, 0) is 32.9 Å². The minimum atomic E-state index is -0.167. The minimum Gasteiger partial charge on any atom is -0.369 e. The van der Waals surface area contributed by atoms with Crippen LogP contribution in [0.5, 0.6) is 0 Å². The highest BCUT2D eigenvalue weighted by Gasteiger charge is 2.33. The van der Waals surface area contributed by atoms with Crippen molar-refractivity contribution in [2.45, 2.75) is 39.0 Å². The second-order valence-corrected chi connectivity index (χ2v) is 6.08. The van der Waals surface area contributed by atoms with E-state index in [1.54, 1.807) is 0 Å². The number of morpholine rings is 1. The lowest BCUT2D eigenvalue weighted by atomic mass is 10.1. The number of fused-ring (bicyclic) bond motifs is 1. The van der Waals surface area contributed by atoms with Crippen molar-refractivity contribution >= 4 is 11.5 Å². The molecule has 1 aliphatic rings. The molecule has 0 aromatic carbocycles. The smallest absolute Gasteiger partial charge is 0.152 e. The van der Waals surface area contributed by atoms with Gasteiger partial charge in [-0.1, -0.05) is 6.07 Å². The van der Waals surface area contributed by atoms with Gasteiger partial charge in [0.05, 0.1) is 17.4 Å². The minimum absolute atomic E-state index is 0.167. The van der Waals surface area contributed by atoms with Gasteiger partial charge in [-0.15, -0.1) is 0 Å². The lowest BCUT2D eigenvalue weighted by Gasteiger charge is -2.42. The van der Waals surface area contributed by atoms with Gasteiger partial charge in [-0.25, -0.2) is 4.98 Å². The van der Waals surface area contributed by atoms with E-state index in [4.69, 9.17) is 15.5 Å². The van der Waals surface area contributed by atoms with Crippen LogP contribution in [0, 0.1) is 0 Å². The van der Waals surface area contributed by atoms with Gasteiger partial charge in [0, 0.05) is 25.8 Å². The Bertz CT molecular complexity index is 619. The lowest BCUT2D eigenvalue weighted by Crippen LogP contribution is -2.52. The third-order valence-corrected chi connectivity index (χ3v) is 3.67. The Morgan fingerprint density at radius 3 is 2.95 bits per heavy atom. The van der Waals surface area contributed by atoms with Crippen LogP contribution in [-0.4, -0.2) is 34.2 Å². The van der Waals surface area contributed by atoms with Crippen LogP contribution in [0.4, 0.5) is 5.82 Å². The third kappa shape index (κ3) is 2.27. The monoisotopic (exact) mass is 274 g/mol. The average Bonchev–Trinajstić information content (AvgIpc) is 2.74. The fourth-order valence-electron chi connectivity index (χ4n) is 3.09. The van der Waals surface area contributed by atoms with E-state index < -0.39 is 0 Å².